The highest BCUT2D eigenvalue weighted by atomic mass is 35.5. The summed E-state index contributed by atoms with van der Waals surface area (Å²) >= 11 is 18.4. The SMILES string of the molecule is Cc1cccc(-c2nc(C(=O)Nc3ccc(C)c(Cl)c3)nn2-c2ccc(Cl)c(Cl)c2)c1. The Morgan fingerprint density at radius 1 is 0.903 bits per heavy atom. The standard InChI is InChI=1S/C23H17Cl3N4O/c1-13-4-3-5-15(10-13)22-28-21(23(31)27-16-7-6-14(2)19(25)11-16)29-30(22)17-8-9-18(24)20(26)12-17/h3-12H,1-2H3,(H,27,31). The summed E-state index contributed by atoms with van der Waals surface area (Å²) in [5, 5.41) is 8.61. The molecule has 1 N–H and O–H groups in total. The third-order valence-corrected chi connectivity index (χ3v) is 5.81. The lowest BCUT2D eigenvalue weighted by Gasteiger charge is -2.07. The first-order chi connectivity index (χ1) is 14.8. The molecule has 0 fully saturated rings. The molecule has 0 aliphatic carbocycles. The molecule has 5 nitrogen and oxygen atoms in total. The monoisotopic (exact) mass is 470 g/mol. The molecule has 0 bridgehead atoms. The Balaban J connectivity index is 1.77. The molecule has 0 saturated heterocycles. The first kappa shape index (κ1) is 21.4. The second kappa shape index (κ2) is 8.71. The van der Waals surface area contributed by atoms with Crippen LogP contribution in [0.2, 0.25) is 15.1 Å². The number of carbonyl (C=O) groups is 1. The third kappa shape index (κ3) is 4.59. The fourth-order valence-corrected chi connectivity index (χ4v) is 3.51. The van der Waals surface area contributed by atoms with Crippen molar-refractivity contribution >= 4 is 46.4 Å². The minimum absolute atomic E-state index is 0.0132. The quantitative estimate of drug-likeness (QED) is 0.357. The van der Waals surface area contributed by atoms with Crippen LogP contribution in [0.3, 0.4) is 0 Å². The molecule has 4 rings (SSSR count). The van der Waals surface area contributed by atoms with Gasteiger partial charge in [-0.05, 0) is 55.8 Å². The topological polar surface area (TPSA) is 59.8 Å². The Labute approximate surface area is 194 Å². The molecular formula is C23H17Cl3N4O. The van der Waals surface area contributed by atoms with Gasteiger partial charge in [0, 0.05) is 16.3 Å². The van der Waals surface area contributed by atoms with E-state index in [-0.39, 0.29) is 5.82 Å². The van der Waals surface area contributed by atoms with Gasteiger partial charge in [-0.25, -0.2) is 9.67 Å². The van der Waals surface area contributed by atoms with Crippen molar-refractivity contribution in [3.05, 3.63) is 92.7 Å². The van der Waals surface area contributed by atoms with Crippen LogP contribution in [0.5, 0.6) is 0 Å². The minimum Gasteiger partial charge on any atom is -0.319 e. The van der Waals surface area contributed by atoms with E-state index in [0.717, 1.165) is 16.7 Å². The number of hydrogen-bond acceptors (Lipinski definition) is 3. The first-order valence-electron chi connectivity index (χ1n) is 9.39. The molecule has 156 valence electrons. The summed E-state index contributed by atoms with van der Waals surface area (Å²) in [5.41, 5.74) is 3.99. The highest BCUT2D eigenvalue weighted by molar-refractivity contribution is 6.42. The van der Waals surface area contributed by atoms with Crippen LogP contribution < -0.4 is 5.32 Å². The summed E-state index contributed by atoms with van der Waals surface area (Å²) in [7, 11) is 0. The van der Waals surface area contributed by atoms with Crippen LogP contribution in [0.4, 0.5) is 5.69 Å². The summed E-state index contributed by atoms with van der Waals surface area (Å²) in [4.78, 5) is 17.4. The number of carbonyl (C=O) groups excluding carboxylic acids is 1. The van der Waals surface area contributed by atoms with Crippen molar-refractivity contribution < 1.29 is 4.79 Å². The number of halogens is 3. The van der Waals surface area contributed by atoms with E-state index in [2.05, 4.69) is 15.4 Å². The zero-order valence-electron chi connectivity index (χ0n) is 16.7. The van der Waals surface area contributed by atoms with Crippen molar-refractivity contribution in [2.75, 3.05) is 5.32 Å². The van der Waals surface area contributed by atoms with Crippen LogP contribution in [-0.2, 0) is 0 Å². The lowest BCUT2D eigenvalue weighted by Crippen LogP contribution is -2.14. The second-order valence-electron chi connectivity index (χ2n) is 7.06. The predicted molar refractivity (Wildman–Crippen MR) is 126 cm³/mol. The number of nitrogens with one attached hydrogen (secondary N) is 1. The molecule has 4 aromatic rings. The molecule has 0 unspecified atom stereocenters. The minimum atomic E-state index is -0.451. The molecule has 0 spiro atoms. The highest BCUT2D eigenvalue weighted by Gasteiger charge is 2.20. The molecule has 3 aromatic carbocycles. The van der Waals surface area contributed by atoms with E-state index in [1.165, 1.54) is 0 Å². The van der Waals surface area contributed by atoms with Crippen LogP contribution in [0.15, 0.2) is 60.7 Å². The number of anilines is 1. The highest BCUT2D eigenvalue weighted by Crippen LogP contribution is 2.28. The Bertz CT molecular complexity index is 1300. The largest absolute Gasteiger partial charge is 0.319 e. The van der Waals surface area contributed by atoms with Crippen LogP contribution >= 0.6 is 34.8 Å². The average Bonchev–Trinajstić information content (AvgIpc) is 3.18. The Morgan fingerprint density at radius 2 is 1.71 bits per heavy atom. The molecule has 0 radical (unpaired) electrons. The van der Waals surface area contributed by atoms with E-state index >= 15 is 0 Å². The van der Waals surface area contributed by atoms with E-state index in [1.54, 1.807) is 35.0 Å². The van der Waals surface area contributed by atoms with Crippen molar-refractivity contribution in [3.8, 4) is 17.1 Å². The van der Waals surface area contributed by atoms with Crippen molar-refractivity contribution in [1.82, 2.24) is 14.8 Å². The number of aromatic nitrogens is 3. The Kier molecular flexibility index (Phi) is 6.01. The smallest absolute Gasteiger partial charge is 0.295 e. The number of rotatable bonds is 4. The van der Waals surface area contributed by atoms with E-state index in [4.69, 9.17) is 34.8 Å². The lowest BCUT2D eigenvalue weighted by atomic mass is 10.1. The van der Waals surface area contributed by atoms with E-state index in [9.17, 15) is 4.79 Å². The fraction of sp³-hybridized carbons (Fsp3) is 0.0870. The number of aryl methyl sites for hydroxylation is 2. The summed E-state index contributed by atoms with van der Waals surface area (Å²) in [6.07, 6.45) is 0. The molecule has 0 atom stereocenters. The van der Waals surface area contributed by atoms with Gasteiger partial charge in [0.2, 0.25) is 5.82 Å². The normalized spacial score (nSPS) is 10.9. The van der Waals surface area contributed by atoms with Crippen molar-refractivity contribution in [1.29, 1.82) is 0 Å². The van der Waals surface area contributed by atoms with E-state index in [1.807, 2.05) is 44.2 Å². The van der Waals surface area contributed by atoms with E-state index in [0.29, 0.717) is 32.3 Å². The summed E-state index contributed by atoms with van der Waals surface area (Å²) in [5.74, 6) is 0.0705. The first-order valence-corrected chi connectivity index (χ1v) is 10.5. The van der Waals surface area contributed by atoms with Gasteiger partial charge in [0.15, 0.2) is 5.82 Å². The molecular weight excluding hydrogens is 455 g/mol. The number of hydrogen-bond donors (Lipinski definition) is 1. The maximum atomic E-state index is 12.9. The second-order valence-corrected chi connectivity index (χ2v) is 8.28. The van der Waals surface area contributed by atoms with Gasteiger partial charge in [0.1, 0.15) is 0 Å². The van der Waals surface area contributed by atoms with Gasteiger partial charge in [0.25, 0.3) is 5.91 Å². The molecule has 0 aliphatic rings. The molecule has 8 heteroatoms. The van der Waals surface area contributed by atoms with Gasteiger partial charge in [-0.2, -0.15) is 0 Å². The zero-order valence-corrected chi connectivity index (χ0v) is 18.9. The molecule has 1 aromatic heterocycles. The van der Waals surface area contributed by atoms with Crippen molar-refractivity contribution in [2.24, 2.45) is 0 Å². The number of nitrogens with zero attached hydrogens (tertiary/aromatic N) is 3. The summed E-state index contributed by atoms with van der Waals surface area (Å²) in [6.45, 7) is 3.88. The summed E-state index contributed by atoms with van der Waals surface area (Å²) in [6, 6.07) is 18.2. The maximum absolute atomic E-state index is 12.9. The number of amides is 1. The molecule has 1 heterocycles. The molecule has 0 aliphatic heterocycles. The van der Waals surface area contributed by atoms with Gasteiger partial charge in [0.05, 0.1) is 15.7 Å². The molecule has 31 heavy (non-hydrogen) atoms. The van der Waals surface area contributed by atoms with Crippen LogP contribution in [0, 0.1) is 13.8 Å². The molecule has 1 amide bonds. The Morgan fingerprint density at radius 3 is 2.42 bits per heavy atom. The van der Waals surface area contributed by atoms with Crippen LogP contribution in [0.25, 0.3) is 17.1 Å². The van der Waals surface area contributed by atoms with Gasteiger partial charge in [-0.3, -0.25) is 4.79 Å². The fourth-order valence-electron chi connectivity index (χ4n) is 3.03. The van der Waals surface area contributed by atoms with Gasteiger partial charge < -0.3 is 5.32 Å². The number of benzene rings is 3. The van der Waals surface area contributed by atoms with Gasteiger partial charge in [-0.1, -0.05) is 64.6 Å². The third-order valence-electron chi connectivity index (χ3n) is 4.66. The van der Waals surface area contributed by atoms with Gasteiger partial charge >= 0.3 is 0 Å². The summed E-state index contributed by atoms with van der Waals surface area (Å²) < 4.78 is 1.58. The average molecular weight is 472 g/mol. The van der Waals surface area contributed by atoms with Crippen molar-refractivity contribution in [2.45, 2.75) is 13.8 Å². The van der Waals surface area contributed by atoms with Crippen molar-refractivity contribution in [3.63, 3.8) is 0 Å². The zero-order chi connectivity index (χ0) is 22.1. The van der Waals surface area contributed by atoms with Gasteiger partial charge in [-0.15, -0.1) is 5.10 Å². The van der Waals surface area contributed by atoms with Crippen LogP contribution in [0.1, 0.15) is 21.7 Å². The predicted octanol–water partition coefficient (Wildman–Crippen LogP) is 6.76. The van der Waals surface area contributed by atoms with Crippen LogP contribution in [-0.4, -0.2) is 20.7 Å². The maximum Gasteiger partial charge on any atom is 0.295 e. The lowest BCUT2D eigenvalue weighted by molar-refractivity contribution is 0.101. The molecule has 0 saturated carbocycles. The van der Waals surface area contributed by atoms with E-state index < -0.39 is 5.91 Å². The Hall–Kier alpha value is -2.86.